The molecular formula is C13H18N4O2. The molecule has 0 aromatic carbocycles. The first-order valence-electron chi connectivity index (χ1n) is 6.37. The van der Waals surface area contributed by atoms with E-state index in [0.29, 0.717) is 18.7 Å². The van der Waals surface area contributed by atoms with Crippen molar-refractivity contribution in [2.75, 3.05) is 18.8 Å². The first-order valence-corrected chi connectivity index (χ1v) is 6.37. The van der Waals surface area contributed by atoms with Crippen LogP contribution in [0.2, 0.25) is 0 Å². The van der Waals surface area contributed by atoms with Gasteiger partial charge in [-0.25, -0.2) is 4.98 Å². The minimum absolute atomic E-state index is 0.129. The molecule has 19 heavy (non-hydrogen) atoms. The van der Waals surface area contributed by atoms with Gasteiger partial charge in [-0.05, 0) is 25.5 Å². The molecule has 6 nitrogen and oxygen atoms in total. The first-order chi connectivity index (χ1) is 9.08. The zero-order valence-electron chi connectivity index (χ0n) is 10.9. The summed E-state index contributed by atoms with van der Waals surface area (Å²) in [6, 6.07) is 3.19. The zero-order valence-corrected chi connectivity index (χ0v) is 10.9. The number of amides is 2. The number of rotatable bonds is 4. The third-order valence-corrected chi connectivity index (χ3v) is 3.10. The van der Waals surface area contributed by atoms with E-state index in [4.69, 9.17) is 5.73 Å². The lowest BCUT2D eigenvalue weighted by Gasteiger charge is -2.21. The van der Waals surface area contributed by atoms with Crippen molar-refractivity contribution in [2.24, 2.45) is 0 Å². The van der Waals surface area contributed by atoms with Gasteiger partial charge in [-0.15, -0.1) is 0 Å². The van der Waals surface area contributed by atoms with Gasteiger partial charge >= 0.3 is 0 Å². The second kappa shape index (κ2) is 5.69. The molecule has 102 valence electrons. The summed E-state index contributed by atoms with van der Waals surface area (Å²) >= 11 is 0. The largest absolute Gasteiger partial charge is 0.397 e. The van der Waals surface area contributed by atoms with E-state index in [9.17, 15) is 9.59 Å². The summed E-state index contributed by atoms with van der Waals surface area (Å²) in [6.07, 6.45) is 3.03. The van der Waals surface area contributed by atoms with Gasteiger partial charge < -0.3 is 16.0 Å². The lowest BCUT2D eigenvalue weighted by Crippen LogP contribution is -2.42. The molecule has 1 saturated heterocycles. The Balaban J connectivity index is 1.92. The molecule has 1 aromatic heterocycles. The van der Waals surface area contributed by atoms with Gasteiger partial charge in [0.1, 0.15) is 0 Å². The average Bonchev–Trinajstić information content (AvgIpc) is 2.75. The molecule has 0 aliphatic carbocycles. The molecule has 0 saturated carbocycles. The highest BCUT2D eigenvalue weighted by molar-refractivity contribution is 5.97. The van der Waals surface area contributed by atoms with Crippen LogP contribution in [0.4, 0.5) is 5.69 Å². The molecule has 0 radical (unpaired) electrons. The number of hydrogen-bond donors (Lipinski definition) is 2. The molecule has 0 spiro atoms. The van der Waals surface area contributed by atoms with Crippen LogP contribution in [-0.4, -0.2) is 40.8 Å². The molecule has 1 aliphatic rings. The van der Waals surface area contributed by atoms with Gasteiger partial charge in [0.05, 0.1) is 5.69 Å². The fraction of sp³-hybridized carbons (Fsp3) is 0.462. The topological polar surface area (TPSA) is 88.3 Å². The summed E-state index contributed by atoms with van der Waals surface area (Å²) in [5, 5.41) is 2.81. The molecule has 2 amide bonds. The van der Waals surface area contributed by atoms with Crippen LogP contribution in [0.1, 0.15) is 30.3 Å². The lowest BCUT2D eigenvalue weighted by molar-refractivity contribution is -0.127. The molecule has 1 atom stereocenters. The van der Waals surface area contributed by atoms with E-state index >= 15 is 0 Å². The van der Waals surface area contributed by atoms with Gasteiger partial charge in [-0.2, -0.15) is 0 Å². The quantitative estimate of drug-likeness (QED) is 0.822. The van der Waals surface area contributed by atoms with Crippen LogP contribution in [-0.2, 0) is 4.79 Å². The highest BCUT2D eigenvalue weighted by Crippen LogP contribution is 2.11. The maximum atomic E-state index is 12.0. The van der Waals surface area contributed by atoms with Crippen molar-refractivity contribution in [3.63, 3.8) is 0 Å². The van der Waals surface area contributed by atoms with Crippen LogP contribution in [0.5, 0.6) is 0 Å². The van der Waals surface area contributed by atoms with Crippen LogP contribution in [0.25, 0.3) is 0 Å². The van der Waals surface area contributed by atoms with Crippen molar-refractivity contribution in [2.45, 2.75) is 25.8 Å². The Labute approximate surface area is 112 Å². The molecule has 1 fully saturated rings. The predicted octanol–water partition coefficient (Wildman–Crippen LogP) is 0.404. The number of pyridine rings is 1. The second-order valence-corrected chi connectivity index (χ2v) is 4.76. The standard InChI is InChI=1S/C13H18N4O2/c1-9(8-17-7-3-5-11(17)18)16-13(19)12-10(14)4-2-6-15-12/h2,4,6,9H,3,5,7-8,14H2,1H3,(H,16,19). The van der Waals surface area contributed by atoms with Crippen LogP contribution >= 0.6 is 0 Å². The fourth-order valence-electron chi connectivity index (χ4n) is 2.17. The highest BCUT2D eigenvalue weighted by Gasteiger charge is 2.23. The van der Waals surface area contributed by atoms with E-state index in [0.717, 1.165) is 13.0 Å². The lowest BCUT2D eigenvalue weighted by atomic mass is 10.2. The second-order valence-electron chi connectivity index (χ2n) is 4.76. The SMILES string of the molecule is CC(CN1CCCC1=O)NC(=O)c1ncccc1N. The maximum Gasteiger partial charge on any atom is 0.272 e. The number of aromatic nitrogens is 1. The molecule has 1 unspecified atom stereocenters. The Morgan fingerprint density at radius 2 is 2.42 bits per heavy atom. The van der Waals surface area contributed by atoms with Crippen molar-refractivity contribution in [3.8, 4) is 0 Å². The number of nitrogens with one attached hydrogen (secondary N) is 1. The monoisotopic (exact) mass is 262 g/mol. The van der Waals surface area contributed by atoms with Crippen molar-refractivity contribution in [3.05, 3.63) is 24.0 Å². The number of carbonyl (C=O) groups excluding carboxylic acids is 2. The van der Waals surface area contributed by atoms with Gasteiger partial charge in [0.25, 0.3) is 5.91 Å². The summed E-state index contributed by atoms with van der Waals surface area (Å²) in [4.78, 5) is 29.2. The minimum Gasteiger partial charge on any atom is -0.397 e. The summed E-state index contributed by atoms with van der Waals surface area (Å²) in [7, 11) is 0. The third kappa shape index (κ3) is 3.21. The van der Waals surface area contributed by atoms with Crippen LogP contribution in [0.3, 0.4) is 0 Å². The van der Waals surface area contributed by atoms with Gasteiger partial charge in [-0.3, -0.25) is 9.59 Å². The minimum atomic E-state index is -0.308. The Morgan fingerprint density at radius 3 is 3.05 bits per heavy atom. The Kier molecular flexibility index (Phi) is 3.99. The Bertz CT molecular complexity index is 489. The number of nitrogens with two attached hydrogens (primary N) is 1. The van der Waals surface area contributed by atoms with Crippen LogP contribution in [0, 0.1) is 0 Å². The normalized spacial score (nSPS) is 16.5. The van der Waals surface area contributed by atoms with E-state index < -0.39 is 0 Å². The molecule has 0 bridgehead atoms. The summed E-state index contributed by atoms with van der Waals surface area (Å²) < 4.78 is 0. The first kappa shape index (κ1) is 13.3. The third-order valence-electron chi connectivity index (χ3n) is 3.10. The number of likely N-dealkylation sites (tertiary alicyclic amines) is 1. The van der Waals surface area contributed by atoms with Gasteiger partial charge in [0.2, 0.25) is 5.91 Å². The number of hydrogen-bond acceptors (Lipinski definition) is 4. The number of nitrogen functional groups attached to an aromatic ring is 1. The predicted molar refractivity (Wildman–Crippen MR) is 71.4 cm³/mol. The summed E-state index contributed by atoms with van der Waals surface area (Å²) in [6.45, 7) is 3.16. The van der Waals surface area contributed by atoms with Gasteiger partial charge in [0, 0.05) is 31.7 Å². The molecule has 2 heterocycles. The zero-order chi connectivity index (χ0) is 13.8. The van der Waals surface area contributed by atoms with Crippen molar-refractivity contribution < 1.29 is 9.59 Å². The summed E-state index contributed by atoms with van der Waals surface area (Å²) in [5.74, 6) is -0.157. The van der Waals surface area contributed by atoms with E-state index in [1.165, 1.54) is 6.20 Å². The average molecular weight is 262 g/mol. The van der Waals surface area contributed by atoms with Crippen LogP contribution < -0.4 is 11.1 Å². The maximum absolute atomic E-state index is 12.0. The fourth-order valence-corrected chi connectivity index (χ4v) is 2.17. The van der Waals surface area contributed by atoms with Gasteiger partial charge in [-0.1, -0.05) is 0 Å². The Hall–Kier alpha value is -2.11. The molecule has 1 aromatic rings. The van der Waals surface area contributed by atoms with E-state index in [1.54, 1.807) is 17.0 Å². The van der Waals surface area contributed by atoms with Crippen molar-refractivity contribution in [1.82, 2.24) is 15.2 Å². The van der Waals surface area contributed by atoms with Crippen molar-refractivity contribution >= 4 is 17.5 Å². The molecular weight excluding hydrogens is 244 g/mol. The molecule has 1 aliphatic heterocycles. The van der Waals surface area contributed by atoms with E-state index in [2.05, 4.69) is 10.3 Å². The number of anilines is 1. The number of nitrogens with zero attached hydrogens (tertiary/aromatic N) is 2. The van der Waals surface area contributed by atoms with E-state index in [-0.39, 0.29) is 23.6 Å². The highest BCUT2D eigenvalue weighted by atomic mass is 16.2. The molecule has 6 heteroatoms. The smallest absolute Gasteiger partial charge is 0.272 e. The van der Waals surface area contributed by atoms with E-state index in [1.807, 2.05) is 6.92 Å². The molecule has 3 N–H and O–H groups in total. The Morgan fingerprint density at radius 1 is 1.63 bits per heavy atom. The summed E-state index contributed by atoms with van der Waals surface area (Å²) in [5.41, 5.74) is 6.27. The van der Waals surface area contributed by atoms with Crippen molar-refractivity contribution in [1.29, 1.82) is 0 Å². The van der Waals surface area contributed by atoms with Gasteiger partial charge in [0.15, 0.2) is 5.69 Å². The van der Waals surface area contributed by atoms with Crippen LogP contribution in [0.15, 0.2) is 18.3 Å². The molecule has 2 rings (SSSR count). The number of carbonyl (C=O) groups is 2.